The summed E-state index contributed by atoms with van der Waals surface area (Å²) in [5.41, 5.74) is 4.89. The van der Waals surface area contributed by atoms with E-state index < -0.39 is 26.4 Å². The molecule has 4 rings (SSSR count). The highest BCUT2D eigenvalue weighted by atomic mass is 31.1. The number of nitrogens with one attached hydrogen (secondary N) is 1. The van der Waals surface area contributed by atoms with Gasteiger partial charge in [0.15, 0.2) is 5.75 Å². The lowest BCUT2D eigenvalue weighted by Crippen LogP contribution is -2.42. The number of amides is 1. The number of carboxylic acid groups (broad SMARTS) is 1. The second-order valence-corrected chi connectivity index (χ2v) is 8.15. The number of carbonyl (C=O) groups excluding carboxylic acids is 1. The fourth-order valence-corrected chi connectivity index (χ4v) is 4.28. The Morgan fingerprint density at radius 1 is 0.970 bits per heavy atom. The summed E-state index contributed by atoms with van der Waals surface area (Å²) < 4.78 is 20.6. The van der Waals surface area contributed by atoms with Crippen LogP contribution in [0.25, 0.3) is 11.1 Å². The Balaban J connectivity index is 1.39. The first kappa shape index (κ1) is 22.5. The normalized spacial score (nSPS) is 13.4. The molecule has 0 fully saturated rings. The summed E-state index contributed by atoms with van der Waals surface area (Å²) in [6, 6.07) is 20.5. The maximum atomic E-state index is 12.4. The number of carbonyl (C=O) groups is 2. The second kappa shape index (κ2) is 9.81. The summed E-state index contributed by atoms with van der Waals surface area (Å²) in [7, 11) is -3.03. The monoisotopic (exact) mass is 465 g/mol. The summed E-state index contributed by atoms with van der Waals surface area (Å²) >= 11 is 0. The summed E-state index contributed by atoms with van der Waals surface area (Å²) in [5.74, 6) is -1.23. The zero-order valence-corrected chi connectivity index (χ0v) is 18.2. The van der Waals surface area contributed by atoms with Crippen LogP contribution in [0.3, 0.4) is 0 Å². The molecule has 168 valence electrons. The number of alkyl carbamates (subject to hydrolysis) is 1. The molecule has 2 atom stereocenters. The largest absolute Gasteiger partial charge is 0.558 e. The van der Waals surface area contributed by atoms with Gasteiger partial charge in [-0.2, -0.15) is 0 Å². The van der Waals surface area contributed by atoms with Crippen molar-refractivity contribution in [1.29, 1.82) is 0 Å². The Morgan fingerprint density at radius 2 is 1.55 bits per heavy atom. The molecule has 0 radical (unpaired) electrons. The third-order valence-electron chi connectivity index (χ3n) is 5.48. The molecule has 0 spiro atoms. The number of ether oxygens (including phenoxy) is 1. The molecule has 8 nitrogen and oxygen atoms in total. The van der Waals surface area contributed by atoms with Crippen LogP contribution in [0.2, 0.25) is 0 Å². The smallest absolute Gasteiger partial charge is 0.539 e. The van der Waals surface area contributed by atoms with E-state index in [-0.39, 0.29) is 24.7 Å². The van der Waals surface area contributed by atoms with E-state index in [1.807, 2.05) is 48.5 Å². The molecule has 1 unspecified atom stereocenters. The second-order valence-electron chi connectivity index (χ2n) is 7.52. The minimum absolute atomic E-state index is 0.0106. The lowest BCUT2D eigenvalue weighted by atomic mass is 9.98. The zero-order chi connectivity index (χ0) is 23.4. The Kier molecular flexibility index (Phi) is 6.68. The quantitative estimate of drug-likeness (QED) is 0.487. The predicted molar refractivity (Wildman–Crippen MR) is 118 cm³/mol. The molecule has 0 bridgehead atoms. The fourth-order valence-electron chi connectivity index (χ4n) is 3.99. The van der Waals surface area contributed by atoms with Crippen LogP contribution in [0.15, 0.2) is 72.8 Å². The molecule has 0 saturated carbocycles. The molecule has 33 heavy (non-hydrogen) atoms. The fraction of sp³-hybridized carbons (Fsp3) is 0.167. The average molecular weight is 465 g/mol. The third-order valence-corrected chi connectivity index (χ3v) is 5.84. The van der Waals surface area contributed by atoms with E-state index in [0.29, 0.717) is 5.56 Å². The van der Waals surface area contributed by atoms with Gasteiger partial charge in [0.25, 0.3) is 0 Å². The molecule has 3 aromatic rings. The van der Waals surface area contributed by atoms with Gasteiger partial charge in [0, 0.05) is 12.3 Å². The van der Waals surface area contributed by atoms with E-state index in [9.17, 15) is 24.2 Å². The van der Waals surface area contributed by atoms with Gasteiger partial charge in [-0.15, -0.1) is 0 Å². The number of fused-ring (bicyclic) bond motifs is 3. The van der Waals surface area contributed by atoms with Crippen molar-refractivity contribution >= 4 is 20.3 Å². The number of carboxylic acids is 1. The van der Waals surface area contributed by atoms with Crippen LogP contribution in [0, 0.1) is 0 Å². The Labute approximate surface area is 190 Å². The highest BCUT2D eigenvalue weighted by Crippen LogP contribution is 2.44. The molecular weight excluding hydrogens is 445 g/mol. The first-order valence-electron chi connectivity index (χ1n) is 10.2. The summed E-state index contributed by atoms with van der Waals surface area (Å²) in [6.45, 7) is 0.0750. The maximum absolute atomic E-state index is 12.4. The molecule has 0 saturated heterocycles. The van der Waals surface area contributed by atoms with Crippen molar-refractivity contribution in [3.05, 3.63) is 89.5 Å². The van der Waals surface area contributed by atoms with Gasteiger partial charge in [0.2, 0.25) is 0 Å². The number of hydrogen-bond donors (Lipinski definition) is 2. The van der Waals surface area contributed by atoms with Gasteiger partial charge >= 0.3 is 20.3 Å². The Morgan fingerprint density at radius 3 is 2.09 bits per heavy atom. The minimum atomic E-state index is -3.03. The molecule has 1 amide bonds. The van der Waals surface area contributed by atoms with Crippen molar-refractivity contribution < 1.29 is 33.4 Å². The molecule has 0 aliphatic heterocycles. The van der Waals surface area contributed by atoms with E-state index in [4.69, 9.17) is 4.74 Å². The van der Waals surface area contributed by atoms with Gasteiger partial charge in [-0.25, -0.2) is 9.59 Å². The third kappa shape index (κ3) is 5.19. The van der Waals surface area contributed by atoms with Gasteiger partial charge < -0.3 is 20.1 Å². The van der Waals surface area contributed by atoms with Crippen LogP contribution in [0.4, 0.5) is 4.79 Å². The highest BCUT2D eigenvalue weighted by Gasteiger charge is 2.29. The van der Waals surface area contributed by atoms with Crippen LogP contribution < -0.4 is 14.7 Å². The first-order valence-corrected chi connectivity index (χ1v) is 11.3. The minimum Gasteiger partial charge on any atom is -0.558 e. The van der Waals surface area contributed by atoms with Crippen molar-refractivity contribution in [3.63, 3.8) is 0 Å². The molecular formula is C24H20NO7P. The van der Waals surface area contributed by atoms with Crippen LogP contribution >= 0.6 is 8.25 Å². The number of benzene rings is 3. The topological polar surface area (TPSA) is 125 Å². The predicted octanol–water partition coefficient (Wildman–Crippen LogP) is 3.62. The van der Waals surface area contributed by atoms with Gasteiger partial charge in [-0.05, 0) is 44.5 Å². The maximum Gasteiger partial charge on any atom is 0.539 e. The molecule has 1 aliphatic rings. The van der Waals surface area contributed by atoms with Gasteiger partial charge in [0.1, 0.15) is 12.6 Å². The van der Waals surface area contributed by atoms with Gasteiger partial charge in [0.05, 0.1) is 0 Å². The lowest BCUT2D eigenvalue weighted by Gasteiger charge is -2.17. The molecule has 1 aliphatic carbocycles. The molecule has 0 heterocycles. The summed E-state index contributed by atoms with van der Waals surface area (Å²) in [4.78, 5) is 34.7. The van der Waals surface area contributed by atoms with E-state index in [1.54, 1.807) is 0 Å². The SMILES string of the molecule is O=C(N[C@@H](Cc1ccc(O[P+](=O)[O-])cc1)C(=O)O)OCC1c2ccccc2-c2ccccc21. The number of hydrogen-bond acceptors (Lipinski definition) is 6. The zero-order valence-electron chi connectivity index (χ0n) is 17.3. The van der Waals surface area contributed by atoms with Crippen LogP contribution in [0.1, 0.15) is 22.6 Å². The summed E-state index contributed by atoms with van der Waals surface area (Å²) in [6.07, 6.45) is -0.837. The van der Waals surface area contributed by atoms with Crippen molar-refractivity contribution in [2.24, 2.45) is 0 Å². The average Bonchev–Trinajstić information content (AvgIpc) is 3.12. The van der Waals surface area contributed by atoms with Crippen molar-refractivity contribution in [3.8, 4) is 16.9 Å². The van der Waals surface area contributed by atoms with Crippen molar-refractivity contribution in [1.82, 2.24) is 5.32 Å². The molecule has 2 N–H and O–H groups in total. The van der Waals surface area contributed by atoms with Crippen LogP contribution in [-0.4, -0.2) is 29.8 Å². The van der Waals surface area contributed by atoms with E-state index in [2.05, 4.69) is 9.84 Å². The molecule has 0 aromatic heterocycles. The van der Waals surface area contributed by atoms with Crippen molar-refractivity contribution in [2.45, 2.75) is 18.4 Å². The molecule has 3 aromatic carbocycles. The van der Waals surface area contributed by atoms with E-state index in [0.717, 1.165) is 22.3 Å². The molecule has 9 heteroatoms. The van der Waals surface area contributed by atoms with Crippen LogP contribution in [0.5, 0.6) is 5.75 Å². The Hall–Kier alpha value is -3.74. The number of aliphatic carboxylic acids is 1. The summed E-state index contributed by atoms with van der Waals surface area (Å²) in [5, 5.41) is 11.9. The number of rotatable bonds is 8. The van der Waals surface area contributed by atoms with Gasteiger partial charge in [-0.1, -0.05) is 60.7 Å². The van der Waals surface area contributed by atoms with E-state index >= 15 is 0 Å². The first-order chi connectivity index (χ1) is 15.9. The lowest BCUT2D eigenvalue weighted by molar-refractivity contribution is -0.178. The van der Waals surface area contributed by atoms with Crippen LogP contribution in [-0.2, 0) is 20.5 Å². The standard InChI is InChI=1S/C24H20NO7P/c26-23(27)22(13-15-9-11-16(12-10-15)32-33(29)30)25-24(28)31-14-21-19-7-3-1-5-17(19)18-6-2-4-8-20(18)21/h1-12,21-22H,13-14H2,(H,25,28)(H,26,27)/t22-/m0/s1. The van der Waals surface area contributed by atoms with Gasteiger partial charge in [-0.3, -0.25) is 4.52 Å². The van der Waals surface area contributed by atoms with E-state index in [1.165, 1.54) is 24.3 Å². The van der Waals surface area contributed by atoms with Crippen molar-refractivity contribution in [2.75, 3.05) is 6.61 Å². The Bertz CT molecular complexity index is 1150. The highest BCUT2D eigenvalue weighted by molar-refractivity contribution is 7.31.